The van der Waals surface area contributed by atoms with E-state index in [-0.39, 0.29) is 17.4 Å². The minimum atomic E-state index is -3.95. The van der Waals surface area contributed by atoms with Crippen LogP contribution in [-0.2, 0) is 14.8 Å². The summed E-state index contributed by atoms with van der Waals surface area (Å²) in [5.41, 5.74) is 3.58. The van der Waals surface area contributed by atoms with Gasteiger partial charge in [-0.1, -0.05) is 25.5 Å². The highest BCUT2D eigenvalue weighted by molar-refractivity contribution is 7.89. The van der Waals surface area contributed by atoms with Gasteiger partial charge in [0.15, 0.2) is 0 Å². The van der Waals surface area contributed by atoms with E-state index in [1.165, 1.54) is 16.4 Å². The molecule has 33 heavy (non-hydrogen) atoms. The maximum Gasteiger partial charge on any atom is 0.262 e. The fraction of sp³-hybridized carbons (Fsp3) is 0.304. The molecule has 1 aromatic heterocycles. The van der Waals surface area contributed by atoms with Gasteiger partial charge in [-0.2, -0.15) is 9.40 Å². The lowest BCUT2D eigenvalue weighted by Gasteiger charge is -2.30. The second-order valence-electron chi connectivity index (χ2n) is 8.09. The first kappa shape index (κ1) is 23.0. The molecular weight excluding hydrogens is 444 g/mol. The lowest BCUT2D eigenvalue weighted by molar-refractivity contribution is -0.134. The van der Waals surface area contributed by atoms with Gasteiger partial charge in [0.1, 0.15) is 17.5 Å². The van der Waals surface area contributed by atoms with Crippen molar-refractivity contribution in [3.63, 3.8) is 0 Å². The molecule has 3 N–H and O–H groups in total. The average Bonchev–Trinajstić information content (AvgIpc) is 3.29. The quantitative estimate of drug-likeness (QED) is 0.374. The molecule has 1 amide bonds. The number of hydroxylamine groups is 1. The van der Waals surface area contributed by atoms with E-state index in [0.717, 1.165) is 17.5 Å². The predicted octanol–water partition coefficient (Wildman–Crippen LogP) is 3.55. The molecule has 1 saturated heterocycles. The van der Waals surface area contributed by atoms with Crippen LogP contribution in [0.25, 0.3) is 11.1 Å². The van der Waals surface area contributed by atoms with Crippen molar-refractivity contribution in [3.8, 4) is 22.6 Å². The monoisotopic (exact) mass is 470 g/mol. The lowest BCUT2D eigenvalue weighted by Crippen LogP contribution is -2.51. The molecule has 2 aromatic carbocycles. The number of hydrogen-bond donors (Lipinski definition) is 3. The zero-order chi connectivity index (χ0) is 23.4. The minimum absolute atomic E-state index is 0.0648. The summed E-state index contributed by atoms with van der Waals surface area (Å²) in [6, 6.07) is 12.6. The maximum atomic E-state index is 13.4. The first-order valence-electron chi connectivity index (χ1n) is 10.7. The Morgan fingerprint density at radius 2 is 1.76 bits per heavy atom. The Bertz CT molecular complexity index is 1180. The van der Waals surface area contributed by atoms with Gasteiger partial charge in [0, 0.05) is 18.3 Å². The second-order valence-corrected chi connectivity index (χ2v) is 9.99. The predicted molar refractivity (Wildman–Crippen MR) is 121 cm³/mol. The second kappa shape index (κ2) is 9.74. The van der Waals surface area contributed by atoms with Crippen LogP contribution in [-0.4, -0.2) is 46.6 Å². The van der Waals surface area contributed by atoms with E-state index in [2.05, 4.69) is 10.2 Å². The first-order chi connectivity index (χ1) is 15.9. The zero-order valence-electron chi connectivity index (χ0n) is 18.1. The van der Waals surface area contributed by atoms with Crippen LogP contribution in [0.3, 0.4) is 0 Å². The number of carbonyl (C=O) groups is 1. The normalized spacial score (nSPS) is 19.6. The molecule has 2 heterocycles. The van der Waals surface area contributed by atoms with Crippen LogP contribution in [0, 0.1) is 5.92 Å². The molecule has 0 radical (unpaired) electrons. The van der Waals surface area contributed by atoms with Crippen LogP contribution in [0.2, 0.25) is 0 Å². The molecule has 9 nitrogen and oxygen atoms in total. The van der Waals surface area contributed by atoms with Crippen LogP contribution in [0.15, 0.2) is 65.8 Å². The van der Waals surface area contributed by atoms with Crippen molar-refractivity contribution in [2.24, 2.45) is 5.92 Å². The Morgan fingerprint density at radius 3 is 2.36 bits per heavy atom. The van der Waals surface area contributed by atoms with E-state index in [9.17, 15) is 13.2 Å². The summed E-state index contributed by atoms with van der Waals surface area (Å²) in [5, 5.41) is 15.9. The van der Waals surface area contributed by atoms with Crippen molar-refractivity contribution in [2.45, 2.75) is 37.1 Å². The number of amides is 1. The minimum Gasteiger partial charge on any atom is -0.457 e. The summed E-state index contributed by atoms with van der Waals surface area (Å²) < 4.78 is 33.7. The van der Waals surface area contributed by atoms with Gasteiger partial charge in [-0.3, -0.25) is 15.1 Å². The number of carbonyl (C=O) groups excluding carboxylic acids is 1. The summed E-state index contributed by atoms with van der Waals surface area (Å²) in [6.45, 7) is 2.04. The molecule has 10 heteroatoms. The average molecular weight is 471 g/mol. The molecule has 174 valence electrons. The SMILES string of the molecule is CC1CCCCN(S(=O)(=O)c2ccc(Oc3ccc(-c4cn[nH]c4)cc3)cc2)C1C(=O)NO. The molecule has 0 saturated carbocycles. The fourth-order valence-electron chi connectivity index (χ4n) is 4.12. The third-order valence-corrected chi connectivity index (χ3v) is 7.76. The largest absolute Gasteiger partial charge is 0.457 e. The Morgan fingerprint density at radius 1 is 1.09 bits per heavy atom. The molecular formula is C23H26N4O5S. The van der Waals surface area contributed by atoms with E-state index in [4.69, 9.17) is 9.94 Å². The molecule has 1 fully saturated rings. The van der Waals surface area contributed by atoms with Crippen LogP contribution < -0.4 is 10.2 Å². The van der Waals surface area contributed by atoms with E-state index < -0.39 is 22.0 Å². The highest BCUT2D eigenvalue weighted by atomic mass is 32.2. The van der Waals surface area contributed by atoms with Gasteiger partial charge in [-0.05, 0) is 60.7 Å². The molecule has 4 rings (SSSR count). The summed E-state index contributed by atoms with van der Waals surface area (Å²) >= 11 is 0. The molecule has 2 atom stereocenters. The van der Waals surface area contributed by atoms with E-state index in [1.54, 1.807) is 30.0 Å². The molecule has 1 aliphatic heterocycles. The molecule has 0 aliphatic carbocycles. The van der Waals surface area contributed by atoms with Crippen molar-refractivity contribution in [1.29, 1.82) is 0 Å². The Balaban J connectivity index is 1.52. The summed E-state index contributed by atoms with van der Waals surface area (Å²) in [4.78, 5) is 12.3. The number of rotatable bonds is 6. The van der Waals surface area contributed by atoms with E-state index in [1.807, 2.05) is 31.2 Å². The molecule has 1 aliphatic rings. The standard InChI is InChI=1S/C23H26N4O5S/c1-16-4-2-3-13-27(22(16)23(28)26-29)33(30,31)21-11-9-20(10-12-21)32-19-7-5-17(6-8-19)18-14-24-25-15-18/h5-12,14-16,22,29H,2-4,13H2,1H3,(H,24,25)(H,26,28). The number of hydrogen-bond acceptors (Lipinski definition) is 6. The summed E-state index contributed by atoms with van der Waals surface area (Å²) in [5.74, 6) is 0.159. The van der Waals surface area contributed by atoms with Crippen LogP contribution in [0.1, 0.15) is 26.2 Å². The highest BCUT2D eigenvalue weighted by Crippen LogP contribution is 2.30. The lowest BCUT2D eigenvalue weighted by atomic mass is 9.97. The Labute approximate surface area is 192 Å². The van der Waals surface area contributed by atoms with Gasteiger partial charge in [-0.15, -0.1) is 0 Å². The number of benzene rings is 2. The molecule has 2 unspecified atom stereocenters. The van der Waals surface area contributed by atoms with Crippen LogP contribution in [0.4, 0.5) is 0 Å². The number of nitrogens with one attached hydrogen (secondary N) is 2. The van der Waals surface area contributed by atoms with Crippen molar-refractivity contribution in [2.75, 3.05) is 6.54 Å². The maximum absolute atomic E-state index is 13.4. The zero-order valence-corrected chi connectivity index (χ0v) is 19.0. The highest BCUT2D eigenvalue weighted by Gasteiger charge is 2.40. The van der Waals surface area contributed by atoms with Gasteiger partial charge in [0.05, 0.1) is 11.1 Å². The smallest absolute Gasteiger partial charge is 0.262 e. The number of sulfonamides is 1. The van der Waals surface area contributed by atoms with Gasteiger partial charge < -0.3 is 4.74 Å². The van der Waals surface area contributed by atoms with Gasteiger partial charge >= 0.3 is 0 Å². The summed E-state index contributed by atoms with van der Waals surface area (Å²) in [6.07, 6.45) is 5.70. The van der Waals surface area contributed by atoms with Crippen molar-refractivity contribution >= 4 is 15.9 Å². The van der Waals surface area contributed by atoms with Gasteiger partial charge in [-0.25, -0.2) is 13.9 Å². The number of aromatic amines is 1. The van der Waals surface area contributed by atoms with Gasteiger partial charge in [0.25, 0.3) is 5.91 Å². The number of nitrogens with zero attached hydrogens (tertiary/aromatic N) is 2. The van der Waals surface area contributed by atoms with E-state index in [0.29, 0.717) is 24.3 Å². The number of H-pyrrole nitrogens is 1. The van der Waals surface area contributed by atoms with Crippen molar-refractivity contribution in [1.82, 2.24) is 20.0 Å². The molecule has 3 aromatic rings. The number of aromatic nitrogens is 2. The Hall–Kier alpha value is -3.21. The van der Waals surface area contributed by atoms with Crippen LogP contribution in [0.5, 0.6) is 11.5 Å². The fourth-order valence-corrected chi connectivity index (χ4v) is 5.84. The van der Waals surface area contributed by atoms with E-state index >= 15 is 0 Å². The van der Waals surface area contributed by atoms with Crippen molar-refractivity contribution < 1.29 is 23.2 Å². The Kier molecular flexibility index (Phi) is 6.77. The first-order valence-corrected chi connectivity index (χ1v) is 12.2. The number of ether oxygens (including phenoxy) is 1. The van der Waals surface area contributed by atoms with Crippen molar-refractivity contribution in [3.05, 3.63) is 60.9 Å². The molecule has 0 bridgehead atoms. The topological polar surface area (TPSA) is 125 Å². The molecule has 0 spiro atoms. The summed E-state index contributed by atoms with van der Waals surface area (Å²) in [7, 11) is -3.95. The third-order valence-electron chi connectivity index (χ3n) is 5.87. The third kappa shape index (κ3) is 4.92. The van der Waals surface area contributed by atoms with Gasteiger partial charge in [0.2, 0.25) is 10.0 Å². The van der Waals surface area contributed by atoms with Crippen LogP contribution >= 0.6 is 0 Å².